The Morgan fingerprint density at radius 2 is 2.47 bits per heavy atom. The highest BCUT2D eigenvalue weighted by Crippen LogP contribution is 2.05. The molecule has 80 valence electrons. The lowest BCUT2D eigenvalue weighted by molar-refractivity contribution is 0.478. The molecule has 15 heavy (non-hydrogen) atoms. The highest BCUT2D eigenvalue weighted by atomic mass is 32.2. The van der Waals surface area contributed by atoms with Crippen LogP contribution in [0.4, 0.5) is 0 Å². The number of nitrogens with one attached hydrogen (secondary N) is 1. The second-order valence-corrected chi connectivity index (χ2v) is 4.07. The van der Waals surface area contributed by atoms with Crippen LogP contribution in [-0.2, 0) is 6.54 Å². The average Bonchev–Trinajstić information content (AvgIpc) is 2.71. The van der Waals surface area contributed by atoms with Crippen molar-refractivity contribution in [3.05, 3.63) is 36.3 Å². The van der Waals surface area contributed by atoms with E-state index in [2.05, 4.69) is 11.9 Å². The van der Waals surface area contributed by atoms with Crippen LogP contribution in [0.3, 0.4) is 0 Å². The van der Waals surface area contributed by atoms with Crippen LogP contribution in [0.25, 0.3) is 0 Å². The Hall–Kier alpha value is -1.18. The van der Waals surface area contributed by atoms with Crippen molar-refractivity contribution < 1.29 is 4.42 Å². The van der Waals surface area contributed by atoms with Crippen LogP contribution in [-0.4, -0.2) is 18.1 Å². The van der Waals surface area contributed by atoms with Gasteiger partial charge in [0.15, 0.2) is 0 Å². The Bertz CT molecular complexity index is 341. The van der Waals surface area contributed by atoms with Gasteiger partial charge in [-0.15, -0.1) is 6.58 Å². The molecule has 0 spiro atoms. The summed E-state index contributed by atoms with van der Waals surface area (Å²) in [7, 11) is 0. The van der Waals surface area contributed by atoms with Gasteiger partial charge in [-0.2, -0.15) is 17.0 Å². The average molecular weight is 222 g/mol. The lowest BCUT2D eigenvalue weighted by atomic mass is 10.4. The number of thioether (sulfide) groups is 1. The van der Waals surface area contributed by atoms with E-state index < -0.39 is 0 Å². The third kappa shape index (κ3) is 4.73. The van der Waals surface area contributed by atoms with Crippen molar-refractivity contribution in [1.82, 2.24) is 5.32 Å². The van der Waals surface area contributed by atoms with Gasteiger partial charge in [0.25, 0.3) is 0 Å². The summed E-state index contributed by atoms with van der Waals surface area (Å²) < 4.78 is 5.21. The Morgan fingerprint density at radius 3 is 3.13 bits per heavy atom. The van der Waals surface area contributed by atoms with E-state index in [0.29, 0.717) is 12.3 Å². The van der Waals surface area contributed by atoms with Crippen LogP contribution in [0.1, 0.15) is 11.5 Å². The van der Waals surface area contributed by atoms with Crippen molar-refractivity contribution >= 4 is 11.8 Å². The maximum Gasteiger partial charge on any atom is 0.203 e. The molecule has 0 aliphatic carbocycles. The molecule has 0 fully saturated rings. The van der Waals surface area contributed by atoms with E-state index in [9.17, 15) is 0 Å². The molecule has 0 saturated carbocycles. The molecular formula is C11H14N2OS. The van der Waals surface area contributed by atoms with Crippen LogP contribution >= 0.6 is 11.8 Å². The molecule has 0 aliphatic heterocycles. The van der Waals surface area contributed by atoms with Crippen LogP contribution in [0.15, 0.2) is 29.2 Å². The summed E-state index contributed by atoms with van der Waals surface area (Å²) in [5, 5.41) is 11.8. The summed E-state index contributed by atoms with van der Waals surface area (Å²) in [6.07, 6.45) is 1.90. The molecule has 0 unspecified atom stereocenters. The van der Waals surface area contributed by atoms with Gasteiger partial charge in [-0.1, -0.05) is 6.08 Å². The minimum absolute atomic E-state index is 0.368. The molecule has 0 aliphatic rings. The molecule has 0 saturated heterocycles. The first-order chi connectivity index (χ1) is 7.36. The molecule has 3 nitrogen and oxygen atoms in total. The molecule has 0 bridgehead atoms. The molecule has 0 radical (unpaired) electrons. The van der Waals surface area contributed by atoms with E-state index in [1.54, 1.807) is 6.07 Å². The predicted molar refractivity (Wildman–Crippen MR) is 62.7 cm³/mol. The van der Waals surface area contributed by atoms with Crippen LogP contribution in [0, 0.1) is 11.3 Å². The Kier molecular flexibility index (Phi) is 5.67. The molecule has 0 atom stereocenters. The van der Waals surface area contributed by atoms with Gasteiger partial charge in [0.2, 0.25) is 5.76 Å². The van der Waals surface area contributed by atoms with Crippen LogP contribution in [0.5, 0.6) is 0 Å². The summed E-state index contributed by atoms with van der Waals surface area (Å²) in [5.74, 6) is 3.21. The molecule has 4 heteroatoms. The van der Waals surface area contributed by atoms with Gasteiger partial charge >= 0.3 is 0 Å². The quantitative estimate of drug-likeness (QED) is 0.567. The molecule has 0 aromatic carbocycles. The van der Waals surface area contributed by atoms with E-state index in [4.69, 9.17) is 9.68 Å². The van der Waals surface area contributed by atoms with Crippen LogP contribution < -0.4 is 5.32 Å². The standard InChI is InChI=1S/C11H14N2OS/c1-2-6-15-7-5-13-9-11-4-3-10(8-12)14-11/h2-4,13H,1,5-7,9H2. The first kappa shape index (κ1) is 11.9. The largest absolute Gasteiger partial charge is 0.449 e. The fourth-order valence-corrected chi connectivity index (χ4v) is 1.68. The Labute approximate surface area is 94.2 Å². The number of nitriles is 1. The number of rotatable bonds is 7. The molecule has 1 aromatic heterocycles. The van der Waals surface area contributed by atoms with Crippen molar-refractivity contribution in [2.24, 2.45) is 0 Å². The first-order valence-electron chi connectivity index (χ1n) is 4.75. The maximum atomic E-state index is 8.54. The molecule has 1 N–H and O–H groups in total. The fraction of sp³-hybridized carbons (Fsp3) is 0.364. The normalized spacial score (nSPS) is 9.80. The van der Waals surface area contributed by atoms with Crippen molar-refractivity contribution in [3.63, 3.8) is 0 Å². The second kappa shape index (κ2) is 7.16. The van der Waals surface area contributed by atoms with Crippen molar-refractivity contribution in [2.45, 2.75) is 6.54 Å². The predicted octanol–water partition coefficient (Wildman–Crippen LogP) is 2.16. The fourth-order valence-electron chi connectivity index (χ4n) is 1.06. The second-order valence-electron chi connectivity index (χ2n) is 2.92. The molecule has 1 aromatic rings. The van der Waals surface area contributed by atoms with Crippen molar-refractivity contribution in [1.29, 1.82) is 5.26 Å². The Balaban J connectivity index is 2.10. The third-order valence-electron chi connectivity index (χ3n) is 1.73. The van der Waals surface area contributed by atoms with Gasteiger partial charge in [0, 0.05) is 18.1 Å². The lowest BCUT2D eigenvalue weighted by Crippen LogP contribution is -2.16. The summed E-state index contributed by atoms with van der Waals surface area (Å²) in [6.45, 7) is 5.26. The van der Waals surface area contributed by atoms with Gasteiger partial charge in [0.1, 0.15) is 11.8 Å². The molecule has 1 rings (SSSR count). The van der Waals surface area contributed by atoms with E-state index in [0.717, 1.165) is 23.8 Å². The zero-order chi connectivity index (χ0) is 10.9. The van der Waals surface area contributed by atoms with Gasteiger partial charge in [-0.05, 0) is 12.1 Å². The SMILES string of the molecule is C=CCSCCNCc1ccc(C#N)o1. The van der Waals surface area contributed by atoms with Crippen LogP contribution in [0.2, 0.25) is 0 Å². The van der Waals surface area contributed by atoms with Crippen molar-refractivity contribution in [3.8, 4) is 6.07 Å². The summed E-state index contributed by atoms with van der Waals surface area (Å²) in [6, 6.07) is 5.46. The number of furan rings is 1. The number of hydrogen-bond donors (Lipinski definition) is 1. The zero-order valence-corrected chi connectivity index (χ0v) is 9.35. The summed E-state index contributed by atoms with van der Waals surface area (Å²) in [4.78, 5) is 0. The van der Waals surface area contributed by atoms with Gasteiger partial charge in [-0.25, -0.2) is 0 Å². The van der Waals surface area contributed by atoms with Crippen molar-refractivity contribution in [2.75, 3.05) is 18.1 Å². The monoisotopic (exact) mass is 222 g/mol. The van der Waals surface area contributed by atoms with E-state index in [-0.39, 0.29) is 0 Å². The number of hydrogen-bond acceptors (Lipinski definition) is 4. The topological polar surface area (TPSA) is 49.0 Å². The van der Waals surface area contributed by atoms with Gasteiger partial charge in [-0.3, -0.25) is 0 Å². The molecule has 1 heterocycles. The number of nitrogens with zero attached hydrogens (tertiary/aromatic N) is 1. The smallest absolute Gasteiger partial charge is 0.203 e. The highest BCUT2D eigenvalue weighted by molar-refractivity contribution is 7.99. The third-order valence-corrected chi connectivity index (χ3v) is 2.69. The molecular weight excluding hydrogens is 208 g/mol. The first-order valence-corrected chi connectivity index (χ1v) is 5.90. The zero-order valence-electron chi connectivity index (χ0n) is 8.53. The van der Waals surface area contributed by atoms with Gasteiger partial charge < -0.3 is 9.73 Å². The Morgan fingerprint density at radius 1 is 1.60 bits per heavy atom. The minimum atomic E-state index is 0.368. The summed E-state index contributed by atoms with van der Waals surface area (Å²) >= 11 is 1.83. The van der Waals surface area contributed by atoms with E-state index in [1.165, 1.54) is 0 Å². The lowest BCUT2D eigenvalue weighted by Gasteiger charge is -2.00. The van der Waals surface area contributed by atoms with E-state index in [1.807, 2.05) is 30.0 Å². The maximum absolute atomic E-state index is 8.54. The molecule has 0 amide bonds. The van der Waals surface area contributed by atoms with E-state index >= 15 is 0 Å². The summed E-state index contributed by atoms with van der Waals surface area (Å²) in [5.41, 5.74) is 0. The van der Waals surface area contributed by atoms with Gasteiger partial charge in [0.05, 0.1) is 6.54 Å². The minimum Gasteiger partial charge on any atom is -0.449 e. The highest BCUT2D eigenvalue weighted by Gasteiger charge is 1.99.